The number of nitrogens with one attached hydrogen (secondary N) is 1. The molecule has 4 nitrogen and oxygen atoms in total. The fraction of sp³-hybridized carbons (Fsp3) is 0.385. The molecule has 0 unspecified atom stereocenters. The quantitative estimate of drug-likeness (QED) is 0.844. The summed E-state index contributed by atoms with van der Waals surface area (Å²) in [6, 6.07) is 7.91. The Balaban J connectivity index is 2.00. The van der Waals surface area contributed by atoms with Gasteiger partial charge in [0.2, 0.25) is 0 Å². The van der Waals surface area contributed by atoms with Crippen molar-refractivity contribution >= 4 is 16.7 Å². The van der Waals surface area contributed by atoms with Crippen molar-refractivity contribution in [2.24, 2.45) is 0 Å². The van der Waals surface area contributed by atoms with E-state index in [1.165, 1.54) is 0 Å². The molecule has 0 bridgehead atoms. The van der Waals surface area contributed by atoms with E-state index in [-0.39, 0.29) is 12.1 Å². The highest BCUT2D eigenvalue weighted by atomic mass is 16.3. The molecule has 0 spiro atoms. The average Bonchev–Trinajstić information content (AvgIpc) is 2.34. The molecule has 1 aliphatic carbocycles. The van der Waals surface area contributed by atoms with Crippen molar-refractivity contribution in [3.63, 3.8) is 0 Å². The van der Waals surface area contributed by atoms with E-state index in [0.717, 1.165) is 36.0 Å². The van der Waals surface area contributed by atoms with Crippen LogP contribution in [-0.2, 0) is 0 Å². The summed E-state index contributed by atoms with van der Waals surface area (Å²) in [6.07, 6.45) is 4.73. The number of hydrogen-bond acceptors (Lipinski definition) is 4. The summed E-state index contributed by atoms with van der Waals surface area (Å²) >= 11 is 0. The molecule has 1 aromatic heterocycles. The van der Waals surface area contributed by atoms with Crippen molar-refractivity contribution in [3.8, 4) is 0 Å². The van der Waals surface area contributed by atoms with Gasteiger partial charge < -0.3 is 10.4 Å². The van der Waals surface area contributed by atoms with E-state index < -0.39 is 0 Å². The second-order valence-corrected chi connectivity index (χ2v) is 4.66. The monoisotopic (exact) mass is 229 g/mol. The maximum atomic E-state index is 9.46. The molecule has 2 aromatic rings. The molecule has 4 heteroatoms. The molecular formula is C13H15N3O. The first-order valence-corrected chi connectivity index (χ1v) is 5.92. The maximum absolute atomic E-state index is 9.46. The molecule has 88 valence electrons. The first kappa shape index (κ1) is 10.5. The Morgan fingerprint density at radius 1 is 1.24 bits per heavy atom. The van der Waals surface area contributed by atoms with Crippen LogP contribution in [0.5, 0.6) is 0 Å². The van der Waals surface area contributed by atoms with E-state index in [1.54, 1.807) is 6.33 Å². The van der Waals surface area contributed by atoms with Crippen LogP contribution >= 0.6 is 0 Å². The minimum atomic E-state index is -0.170. The van der Waals surface area contributed by atoms with Gasteiger partial charge in [-0.2, -0.15) is 0 Å². The molecule has 3 rings (SSSR count). The van der Waals surface area contributed by atoms with E-state index in [2.05, 4.69) is 15.3 Å². The molecule has 1 saturated carbocycles. The summed E-state index contributed by atoms with van der Waals surface area (Å²) in [7, 11) is 0. The lowest BCUT2D eigenvalue weighted by Gasteiger charge is -2.41. The molecule has 2 N–H and O–H groups in total. The van der Waals surface area contributed by atoms with Gasteiger partial charge in [-0.15, -0.1) is 0 Å². The number of benzene rings is 1. The number of para-hydroxylation sites is 1. The molecule has 0 radical (unpaired) electrons. The Bertz CT molecular complexity index is 526. The van der Waals surface area contributed by atoms with Gasteiger partial charge in [-0.05, 0) is 31.4 Å². The molecule has 0 aliphatic heterocycles. The topological polar surface area (TPSA) is 58.0 Å². The lowest BCUT2D eigenvalue weighted by atomic mass is 9.77. The number of aliphatic hydroxyl groups is 1. The highest BCUT2D eigenvalue weighted by Gasteiger charge is 2.36. The molecule has 1 fully saturated rings. The van der Waals surface area contributed by atoms with Gasteiger partial charge >= 0.3 is 0 Å². The van der Waals surface area contributed by atoms with Gasteiger partial charge in [-0.25, -0.2) is 9.97 Å². The third-order valence-corrected chi connectivity index (χ3v) is 3.54. The van der Waals surface area contributed by atoms with Gasteiger partial charge in [-0.1, -0.05) is 12.1 Å². The summed E-state index contributed by atoms with van der Waals surface area (Å²) in [5, 5.41) is 13.9. The van der Waals surface area contributed by atoms with Crippen LogP contribution in [-0.4, -0.2) is 27.2 Å². The van der Waals surface area contributed by atoms with Crippen LogP contribution in [0.4, 0.5) is 5.82 Å². The van der Waals surface area contributed by atoms with Crippen molar-refractivity contribution in [1.82, 2.24) is 9.97 Å². The van der Waals surface area contributed by atoms with Gasteiger partial charge in [-0.3, -0.25) is 0 Å². The molecule has 1 aliphatic rings. The van der Waals surface area contributed by atoms with Crippen LogP contribution in [0.25, 0.3) is 10.9 Å². The van der Waals surface area contributed by atoms with E-state index in [1.807, 2.05) is 24.3 Å². The van der Waals surface area contributed by atoms with Gasteiger partial charge in [0, 0.05) is 5.39 Å². The molecule has 0 amide bonds. The van der Waals surface area contributed by atoms with Gasteiger partial charge in [0.25, 0.3) is 0 Å². The number of anilines is 1. The predicted octanol–water partition coefficient (Wildman–Crippen LogP) is 1.96. The van der Waals surface area contributed by atoms with Crippen molar-refractivity contribution in [2.75, 3.05) is 11.9 Å². The molecule has 1 heterocycles. The number of fused-ring (bicyclic) bond motifs is 1. The Morgan fingerprint density at radius 3 is 2.76 bits per heavy atom. The first-order chi connectivity index (χ1) is 8.33. The van der Waals surface area contributed by atoms with E-state index >= 15 is 0 Å². The Labute approximate surface area is 99.7 Å². The fourth-order valence-corrected chi connectivity index (χ4v) is 2.28. The molecule has 0 saturated heterocycles. The molecule has 0 atom stereocenters. The Kier molecular flexibility index (Phi) is 2.44. The lowest BCUT2D eigenvalue weighted by molar-refractivity contribution is 0.144. The summed E-state index contributed by atoms with van der Waals surface area (Å²) in [5.41, 5.74) is 0.759. The van der Waals surface area contributed by atoms with Crippen molar-refractivity contribution < 1.29 is 5.11 Å². The SMILES string of the molecule is OCC1(Nc2ncnc3ccccc23)CCC1. The van der Waals surface area contributed by atoms with Crippen molar-refractivity contribution in [1.29, 1.82) is 0 Å². The summed E-state index contributed by atoms with van der Waals surface area (Å²) in [4.78, 5) is 8.52. The highest BCUT2D eigenvalue weighted by molar-refractivity contribution is 5.88. The van der Waals surface area contributed by atoms with Gasteiger partial charge in [0.05, 0.1) is 17.7 Å². The number of nitrogens with zero attached hydrogens (tertiary/aromatic N) is 2. The zero-order chi connectivity index (χ0) is 11.7. The maximum Gasteiger partial charge on any atom is 0.137 e. The summed E-state index contributed by atoms with van der Waals surface area (Å²) < 4.78 is 0. The van der Waals surface area contributed by atoms with Crippen molar-refractivity contribution in [2.45, 2.75) is 24.8 Å². The van der Waals surface area contributed by atoms with Crippen LogP contribution in [0, 0.1) is 0 Å². The smallest absolute Gasteiger partial charge is 0.137 e. The number of aromatic nitrogens is 2. The second kappa shape index (κ2) is 3.96. The minimum absolute atomic E-state index is 0.158. The predicted molar refractivity (Wildman–Crippen MR) is 66.8 cm³/mol. The number of rotatable bonds is 3. The number of hydrogen-bond donors (Lipinski definition) is 2. The standard InChI is InChI=1S/C13H15N3O/c17-8-13(6-3-7-13)16-12-10-4-1-2-5-11(10)14-9-15-12/h1-2,4-5,9,17H,3,6-8H2,(H,14,15,16). The van der Waals surface area contributed by atoms with E-state index in [9.17, 15) is 5.11 Å². The van der Waals surface area contributed by atoms with Crippen molar-refractivity contribution in [3.05, 3.63) is 30.6 Å². The first-order valence-electron chi connectivity index (χ1n) is 5.92. The molecular weight excluding hydrogens is 214 g/mol. The normalized spacial score (nSPS) is 17.7. The van der Waals surface area contributed by atoms with Crippen LogP contribution < -0.4 is 5.32 Å². The fourth-order valence-electron chi connectivity index (χ4n) is 2.28. The third kappa shape index (κ3) is 1.74. The van der Waals surface area contributed by atoms with Gasteiger partial charge in [0.15, 0.2) is 0 Å². The lowest BCUT2D eigenvalue weighted by Crippen LogP contribution is -2.48. The molecule has 17 heavy (non-hydrogen) atoms. The summed E-state index contributed by atoms with van der Waals surface area (Å²) in [6.45, 7) is 0.158. The number of aliphatic hydroxyl groups excluding tert-OH is 1. The molecule has 1 aromatic carbocycles. The summed E-state index contributed by atoms with van der Waals surface area (Å²) in [5.74, 6) is 0.823. The van der Waals surface area contributed by atoms with Crippen LogP contribution in [0.1, 0.15) is 19.3 Å². The van der Waals surface area contributed by atoms with Crippen LogP contribution in [0.3, 0.4) is 0 Å². The zero-order valence-corrected chi connectivity index (χ0v) is 9.56. The van der Waals surface area contributed by atoms with E-state index in [0.29, 0.717) is 0 Å². The van der Waals surface area contributed by atoms with Crippen LogP contribution in [0.15, 0.2) is 30.6 Å². The van der Waals surface area contributed by atoms with Crippen LogP contribution in [0.2, 0.25) is 0 Å². The average molecular weight is 229 g/mol. The Morgan fingerprint density at radius 2 is 2.06 bits per heavy atom. The Hall–Kier alpha value is -1.68. The minimum Gasteiger partial charge on any atom is -0.394 e. The van der Waals surface area contributed by atoms with E-state index in [4.69, 9.17) is 0 Å². The second-order valence-electron chi connectivity index (χ2n) is 4.66. The largest absolute Gasteiger partial charge is 0.394 e. The third-order valence-electron chi connectivity index (χ3n) is 3.54. The highest BCUT2D eigenvalue weighted by Crippen LogP contribution is 2.35. The zero-order valence-electron chi connectivity index (χ0n) is 9.56. The van der Waals surface area contributed by atoms with Gasteiger partial charge in [0.1, 0.15) is 12.1 Å².